The summed E-state index contributed by atoms with van der Waals surface area (Å²) in [5, 5.41) is 2.37. The quantitative estimate of drug-likeness (QED) is 0.0768. The number of hydrogen-bond donors (Lipinski definition) is 0. The number of benzene rings is 8. The SMILES string of the molecule is CC(C)c1ccc(F)c(-c2ccc(Cl)cc2)n1.CC(C)c1ccc(F)c(-c2ccc(Cl)cc2)n1.CC(C)c1cccc(-c2ccc(Cl)c(C(F)(F)F)c2)n1.CC(C)c1cccc(-c2ccccc2Cl)n1.COc1cc(Cl)ccc1-c1cccc(C(C)C)n1.COc1ccc(-c2cccc(C(C)C)n2)cc1.Cc1ccc(-c2cccc(C(C)C)n2)cc1.Cc1ccc(-c2cccc(C(C)C)n2)cc1C. The van der Waals surface area contributed by atoms with Crippen LogP contribution in [0.2, 0.25) is 25.1 Å². The first-order chi connectivity index (χ1) is 65.7. The van der Waals surface area contributed by atoms with Crippen molar-refractivity contribution in [2.75, 3.05) is 14.2 Å². The van der Waals surface area contributed by atoms with E-state index < -0.39 is 11.7 Å². The van der Waals surface area contributed by atoms with Crippen LogP contribution in [-0.4, -0.2) is 54.1 Å². The second kappa shape index (κ2) is 53.0. The third-order valence-electron chi connectivity index (χ3n) is 22.0. The lowest BCUT2D eigenvalue weighted by Crippen LogP contribution is -2.06. The Morgan fingerprint density at radius 2 is 0.572 bits per heavy atom. The maximum atomic E-state index is 13.7. The molecule has 20 heteroatoms. The van der Waals surface area contributed by atoms with Crippen LogP contribution in [0.4, 0.5) is 22.0 Å². The van der Waals surface area contributed by atoms with Crippen molar-refractivity contribution in [3.63, 3.8) is 0 Å². The van der Waals surface area contributed by atoms with E-state index >= 15 is 0 Å². The second-order valence-corrected chi connectivity index (χ2v) is 37.6. The molecule has 0 N–H and O–H groups in total. The topological polar surface area (TPSA) is 122 Å². The molecule has 8 aromatic heterocycles. The zero-order valence-electron chi connectivity index (χ0n) is 82.2. The highest BCUT2D eigenvalue weighted by molar-refractivity contribution is 6.33. The molecule has 716 valence electrons. The van der Waals surface area contributed by atoms with E-state index in [2.05, 4.69) is 216 Å². The summed E-state index contributed by atoms with van der Waals surface area (Å²) in [5.74, 6) is 4.01. The van der Waals surface area contributed by atoms with Crippen molar-refractivity contribution in [2.45, 2.75) is 185 Å². The summed E-state index contributed by atoms with van der Waals surface area (Å²) in [7, 11) is 3.31. The average Bonchev–Trinajstić information content (AvgIpc) is 1.05. The number of methoxy groups -OCH3 is 2. The van der Waals surface area contributed by atoms with Crippen LogP contribution in [0.3, 0.4) is 0 Å². The second-order valence-electron chi connectivity index (χ2n) is 35.5. The average molecular weight is 1960 g/mol. The van der Waals surface area contributed by atoms with Gasteiger partial charge in [-0.05, 0) is 267 Å². The minimum absolute atomic E-state index is 0.212. The van der Waals surface area contributed by atoms with E-state index in [0.29, 0.717) is 67.3 Å². The zero-order chi connectivity index (χ0) is 101. The van der Waals surface area contributed by atoms with E-state index in [0.717, 1.165) is 124 Å². The molecule has 0 radical (unpaired) electrons. The van der Waals surface area contributed by atoms with Crippen LogP contribution in [0.15, 0.2) is 309 Å². The maximum Gasteiger partial charge on any atom is 0.417 e. The van der Waals surface area contributed by atoms with Gasteiger partial charge in [0.05, 0.1) is 59.0 Å². The molecule has 0 amide bonds. The summed E-state index contributed by atoms with van der Waals surface area (Å²) < 4.78 is 76.5. The molecule has 8 heterocycles. The fourth-order valence-corrected chi connectivity index (χ4v) is 14.5. The van der Waals surface area contributed by atoms with Gasteiger partial charge in [-0.25, -0.2) is 18.7 Å². The molecular weight excluding hydrogens is 1830 g/mol. The number of aryl methyl sites for hydroxylation is 3. The van der Waals surface area contributed by atoms with E-state index in [-0.39, 0.29) is 34.4 Å². The Morgan fingerprint density at radius 3 is 0.935 bits per heavy atom. The van der Waals surface area contributed by atoms with Gasteiger partial charge >= 0.3 is 6.18 Å². The van der Waals surface area contributed by atoms with Crippen molar-refractivity contribution in [1.29, 1.82) is 0 Å². The van der Waals surface area contributed by atoms with Crippen molar-refractivity contribution < 1.29 is 31.4 Å². The minimum atomic E-state index is -4.47. The molecule has 0 bridgehead atoms. The third kappa shape index (κ3) is 32.9. The number of nitrogens with zero attached hydrogens (tertiary/aromatic N) is 8. The molecule has 16 aromatic rings. The Kier molecular flexibility index (Phi) is 42.0. The van der Waals surface area contributed by atoms with E-state index in [1.165, 1.54) is 46.0 Å². The first-order valence-corrected chi connectivity index (χ1v) is 48.0. The summed E-state index contributed by atoms with van der Waals surface area (Å²) in [6, 6.07) is 96.7. The van der Waals surface area contributed by atoms with Gasteiger partial charge in [-0.2, -0.15) is 13.2 Å². The molecule has 8 aromatic carbocycles. The predicted octanol–water partition coefficient (Wildman–Crippen LogP) is 36.5. The molecule has 0 aliphatic carbocycles. The molecule has 0 atom stereocenters. The van der Waals surface area contributed by atoms with Crippen LogP contribution in [0, 0.1) is 32.4 Å². The molecule has 10 nitrogen and oxygen atoms in total. The number of rotatable bonds is 18. The lowest BCUT2D eigenvalue weighted by Gasteiger charge is -2.12. The summed E-state index contributed by atoms with van der Waals surface area (Å²) in [4.78, 5) is 36.4. The maximum absolute atomic E-state index is 13.7. The molecule has 0 aliphatic heterocycles. The zero-order valence-corrected chi connectivity index (χ0v) is 86.0. The van der Waals surface area contributed by atoms with Gasteiger partial charge in [0.15, 0.2) is 0 Å². The van der Waals surface area contributed by atoms with Crippen molar-refractivity contribution >= 4 is 58.0 Å². The van der Waals surface area contributed by atoms with Crippen LogP contribution in [-0.2, 0) is 6.18 Å². The Labute approximate surface area is 838 Å². The highest BCUT2D eigenvalue weighted by atomic mass is 35.5. The lowest BCUT2D eigenvalue weighted by atomic mass is 10.0. The van der Waals surface area contributed by atoms with Gasteiger partial charge < -0.3 is 9.47 Å². The highest BCUT2D eigenvalue weighted by Gasteiger charge is 2.34. The number of ether oxygens (including phenoxy) is 2. The predicted molar refractivity (Wildman–Crippen MR) is 567 cm³/mol. The first kappa shape index (κ1) is 109. The third-order valence-corrected chi connectivity index (χ3v) is 23.4. The van der Waals surface area contributed by atoms with Gasteiger partial charge in [-0.15, -0.1) is 0 Å². The van der Waals surface area contributed by atoms with E-state index in [1.807, 2.05) is 151 Å². The first-order valence-electron chi connectivity index (χ1n) is 46.1. The Bertz CT molecular complexity index is 6470. The normalized spacial score (nSPS) is 10.9. The number of pyridine rings is 8. The van der Waals surface area contributed by atoms with Gasteiger partial charge in [-0.3, -0.25) is 29.9 Å². The number of halogens is 10. The molecule has 138 heavy (non-hydrogen) atoms. The van der Waals surface area contributed by atoms with Crippen molar-refractivity contribution in [2.24, 2.45) is 0 Å². The summed E-state index contributed by atoms with van der Waals surface area (Å²) in [6.07, 6.45) is -4.47. The molecule has 0 saturated heterocycles. The summed E-state index contributed by atoms with van der Waals surface area (Å²) >= 11 is 29.3. The molecule has 0 spiro atoms. The van der Waals surface area contributed by atoms with Crippen molar-refractivity contribution in [3.8, 4) is 102 Å². The lowest BCUT2D eigenvalue weighted by molar-refractivity contribution is -0.137. The highest BCUT2D eigenvalue weighted by Crippen LogP contribution is 2.39. The summed E-state index contributed by atoms with van der Waals surface area (Å²) in [6.45, 7) is 40.0. The molecular formula is C118H122Cl5F5N8O2. The van der Waals surface area contributed by atoms with Gasteiger partial charge in [0.2, 0.25) is 0 Å². The molecule has 0 unspecified atom stereocenters. The van der Waals surface area contributed by atoms with Gasteiger partial charge in [0, 0.05) is 110 Å². The molecule has 16 rings (SSSR count). The van der Waals surface area contributed by atoms with Gasteiger partial charge in [0.25, 0.3) is 0 Å². The molecule has 0 aliphatic rings. The van der Waals surface area contributed by atoms with Gasteiger partial charge in [-0.1, -0.05) is 296 Å². The monoisotopic (exact) mass is 1950 g/mol. The minimum Gasteiger partial charge on any atom is -0.497 e. The largest absolute Gasteiger partial charge is 0.497 e. The van der Waals surface area contributed by atoms with Crippen LogP contribution in [0.1, 0.15) is 226 Å². The Balaban J connectivity index is 0.000000177. The fraction of sp³-hybridized carbons (Fsp3) is 0.254. The number of hydrogen-bond acceptors (Lipinski definition) is 10. The van der Waals surface area contributed by atoms with Crippen molar-refractivity contribution in [1.82, 2.24) is 39.9 Å². The van der Waals surface area contributed by atoms with E-state index in [1.54, 1.807) is 99.1 Å². The number of aromatic nitrogens is 8. The standard InChI is InChI=1S/C16H19N.C15H13ClF3N.C15H16ClNO.C15H17NO.C15H17N.2C14H13ClFN.C14H14ClN/c1-11(2)15-6-5-7-16(17-15)14-9-8-12(3)13(4)10-14;1-9(2)13-4-3-5-14(20-13)10-6-7-12(16)11(8-10)15(17,18)19;1-10(2)13-5-4-6-14(17-13)12-8-7-11(16)9-15(12)18-3;1-11(2)14-5-4-6-15(16-14)12-7-9-13(17-3)10-8-12;1-11(2)14-5-4-6-15(16-14)13-9-7-12(3)8-10-13;2*1-9(2)13-8-7-12(16)14(17-13)10-3-5-11(15)6-4-10;1-10(2)13-8-5-9-14(16-13)11-6-3-4-7-12(11)15/h5-11H,1-4H3;3-9H,1-2H3;4-10H,1-3H3;4-11H,1-3H3;4-11H,1-3H3;2*3-9H,1-2H3;3-10H,1-2H3. The van der Waals surface area contributed by atoms with E-state index in [4.69, 9.17) is 72.5 Å². The van der Waals surface area contributed by atoms with Crippen LogP contribution in [0.25, 0.3) is 90.1 Å². The molecule has 0 saturated carbocycles. The van der Waals surface area contributed by atoms with E-state index in [9.17, 15) is 22.0 Å². The van der Waals surface area contributed by atoms with Crippen LogP contribution >= 0.6 is 58.0 Å². The Hall–Kier alpha value is -12.3. The van der Waals surface area contributed by atoms with Crippen molar-refractivity contribution in [3.05, 3.63) is 414 Å². The fourth-order valence-electron chi connectivity index (χ4n) is 13.6. The Morgan fingerprint density at radius 1 is 0.254 bits per heavy atom. The van der Waals surface area contributed by atoms with Crippen LogP contribution in [0.5, 0.6) is 11.5 Å². The van der Waals surface area contributed by atoms with Gasteiger partial charge in [0.1, 0.15) is 34.5 Å². The molecule has 0 fully saturated rings. The van der Waals surface area contributed by atoms with Crippen LogP contribution < -0.4 is 9.47 Å². The summed E-state index contributed by atoms with van der Waals surface area (Å²) in [5.41, 5.74) is 24.9. The smallest absolute Gasteiger partial charge is 0.417 e. The number of alkyl halides is 3.